The molecule has 1 aromatic carbocycles. The molecule has 3 atom stereocenters. The number of hydrogen-bond acceptors (Lipinski definition) is 2. The average molecular weight is 407 g/mol. The maximum absolute atomic E-state index is 13.7. The van der Waals surface area contributed by atoms with Crippen LogP contribution in [-0.4, -0.2) is 10.7 Å². The molecular weight excluding hydrogens is 363 g/mol. The molecule has 0 amide bonds. The lowest BCUT2D eigenvalue weighted by atomic mass is 9.86. The maximum atomic E-state index is 13.7. The van der Waals surface area contributed by atoms with Gasteiger partial charge in [0, 0.05) is 6.07 Å². The Hall–Kier alpha value is -1.25. The van der Waals surface area contributed by atoms with E-state index in [1.807, 2.05) is 0 Å². The lowest BCUT2D eigenvalue weighted by molar-refractivity contribution is 0.0518. The number of ether oxygens (including phenoxy) is 1. The third-order valence-electron chi connectivity index (χ3n) is 6.68. The molecule has 0 unspecified atom stereocenters. The van der Waals surface area contributed by atoms with Crippen LogP contribution in [0.3, 0.4) is 0 Å². The highest BCUT2D eigenvalue weighted by atomic mass is 19.1. The first-order valence-corrected chi connectivity index (χ1v) is 11.9. The Balaban J connectivity index is 1.64. The fourth-order valence-corrected chi connectivity index (χ4v) is 4.57. The van der Waals surface area contributed by atoms with E-state index in [2.05, 4.69) is 34.6 Å². The summed E-state index contributed by atoms with van der Waals surface area (Å²) in [6.45, 7) is 11.6. The van der Waals surface area contributed by atoms with Gasteiger partial charge >= 0.3 is 0 Å². The van der Waals surface area contributed by atoms with Gasteiger partial charge in [-0.15, -0.1) is 0 Å². The average Bonchev–Trinajstić information content (AvgIpc) is 2.63. The molecule has 0 aliphatic carbocycles. The smallest absolute Gasteiger partial charge is 0.168 e. The summed E-state index contributed by atoms with van der Waals surface area (Å²) in [7, 11) is 0. The van der Waals surface area contributed by atoms with E-state index in [1.54, 1.807) is 0 Å². The molecule has 0 radical (unpaired) electrons. The molecule has 1 N–H and O–H groups in total. The topological polar surface area (TPSA) is 29.5 Å². The number of phenolic OH excluding ortho intramolecular Hbond substituents is 1. The predicted molar refractivity (Wildman–Crippen MR) is 120 cm³/mol. The zero-order chi connectivity index (χ0) is 21.4. The molecule has 0 bridgehead atoms. The summed E-state index contributed by atoms with van der Waals surface area (Å²) in [5.41, 5.74) is 0.693. The van der Waals surface area contributed by atoms with Gasteiger partial charge in [-0.05, 0) is 62.0 Å². The van der Waals surface area contributed by atoms with Crippen LogP contribution in [0.4, 0.5) is 4.39 Å². The van der Waals surface area contributed by atoms with Crippen molar-refractivity contribution in [1.82, 2.24) is 0 Å². The van der Waals surface area contributed by atoms with Gasteiger partial charge in [-0.1, -0.05) is 72.6 Å². The quantitative estimate of drug-likeness (QED) is 0.380. The Labute approximate surface area is 178 Å². The van der Waals surface area contributed by atoms with Gasteiger partial charge in [0.2, 0.25) is 0 Å². The van der Waals surface area contributed by atoms with Gasteiger partial charge in [-0.2, -0.15) is 0 Å². The predicted octanol–water partition coefficient (Wildman–Crippen LogP) is 8.05. The molecule has 29 heavy (non-hydrogen) atoms. The van der Waals surface area contributed by atoms with Crippen LogP contribution in [0, 0.1) is 23.6 Å². The molecule has 2 nitrogen and oxygen atoms in total. The molecule has 2 rings (SSSR count). The molecule has 0 fully saturated rings. The van der Waals surface area contributed by atoms with Crippen LogP contribution in [0.1, 0.15) is 104 Å². The highest BCUT2D eigenvalue weighted by Gasteiger charge is 2.32. The summed E-state index contributed by atoms with van der Waals surface area (Å²) in [4.78, 5) is 0. The van der Waals surface area contributed by atoms with E-state index in [4.69, 9.17) is 4.74 Å². The Bertz CT molecular complexity index is 627. The molecule has 1 aromatic rings. The first-order valence-electron chi connectivity index (χ1n) is 11.9. The molecule has 1 heterocycles. The SMILES string of the molecule is CC(C)CCC[C@@H](C)CCC[C@@H](C)CCC[C@]1(C)CCc2cc(O)c(F)cc2O1. The van der Waals surface area contributed by atoms with Crippen LogP contribution in [0.15, 0.2) is 12.1 Å². The fraction of sp³-hybridized carbons (Fsp3) is 0.769. The second kappa shape index (κ2) is 11.2. The number of hydrogen-bond donors (Lipinski definition) is 1. The molecule has 3 heteroatoms. The molecule has 166 valence electrons. The monoisotopic (exact) mass is 406 g/mol. The second-order valence-corrected chi connectivity index (χ2v) is 10.3. The van der Waals surface area contributed by atoms with Crippen LogP contribution in [0.25, 0.3) is 0 Å². The lowest BCUT2D eigenvalue weighted by Crippen LogP contribution is -2.36. The van der Waals surface area contributed by atoms with Crippen molar-refractivity contribution in [2.45, 2.75) is 111 Å². The minimum absolute atomic E-state index is 0.221. The minimum Gasteiger partial charge on any atom is -0.505 e. The molecule has 1 aliphatic rings. The van der Waals surface area contributed by atoms with E-state index in [9.17, 15) is 9.50 Å². The zero-order valence-corrected chi connectivity index (χ0v) is 19.4. The second-order valence-electron chi connectivity index (χ2n) is 10.3. The highest BCUT2D eigenvalue weighted by molar-refractivity contribution is 5.42. The van der Waals surface area contributed by atoms with Crippen LogP contribution < -0.4 is 4.74 Å². The van der Waals surface area contributed by atoms with E-state index in [0.29, 0.717) is 5.75 Å². The van der Waals surface area contributed by atoms with Crippen molar-refractivity contribution in [3.8, 4) is 11.5 Å². The molecule has 0 saturated carbocycles. The number of benzene rings is 1. The van der Waals surface area contributed by atoms with E-state index in [-0.39, 0.29) is 11.4 Å². The highest BCUT2D eigenvalue weighted by Crippen LogP contribution is 2.39. The number of phenols is 1. The van der Waals surface area contributed by atoms with Gasteiger partial charge in [-0.25, -0.2) is 4.39 Å². The van der Waals surface area contributed by atoms with Gasteiger partial charge in [0.05, 0.1) is 0 Å². The Kier molecular flexibility index (Phi) is 9.30. The number of fused-ring (bicyclic) bond motifs is 1. The fourth-order valence-electron chi connectivity index (χ4n) is 4.57. The summed E-state index contributed by atoms with van der Waals surface area (Å²) in [5, 5.41) is 9.55. The van der Waals surface area contributed by atoms with Gasteiger partial charge < -0.3 is 9.84 Å². The van der Waals surface area contributed by atoms with E-state index >= 15 is 0 Å². The molecule has 0 spiro atoms. The van der Waals surface area contributed by atoms with Crippen molar-refractivity contribution < 1.29 is 14.2 Å². The lowest BCUT2D eigenvalue weighted by Gasteiger charge is -2.36. The molecule has 0 aromatic heterocycles. The Morgan fingerprint density at radius 1 is 0.966 bits per heavy atom. The molecular formula is C26H43FO2. The number of rotatable bonds is 12. The van der Waals surface area contributed by atoms with Gasteiger partial charge in [-0.3, -0.25) is 0 Å². The van der Waals surface area contributed by atoms with Gasteiger partial charge in [0.1, 0.15) is 11.4 Å². The van der Waals surface area contributed by atoms with E-state index < -0.39 is 5.82 Å². The summed E-state index contributed by atoms with van der Waals surface area (Å²) in [6, 6.07) is 2.85. The maximum Gasteiger partial charge on any atom is 0.168 e. The molecule has 1 aliphatic heterocycles. The number of halogens is 1. The van der Waals surface area contributed by atoms with Crippen LogP contribution in [0.5, 0.6) is 11.5 Å². The summed E-state index contributed by atoms with van der Waals surface area (Å²) < 4.78 is 19.8. The van der Waals surface area contributed by atoms with Crippen molar-refractivity contribution in [2.75, 3.05) is 0 Å². The molecule has 0 saturated heterocycles. The van der Waals surface area contributed by atoms with Crippen LogP contribution >= 0.6 is 0 Å². The van der Waals surface area contributed by atoms with Crippen LogP contribution in [0.2, 0.25) is 0 Å². The third-order valence-corrected chi connectivity index (χ3v) is 6.68. The zero-order valence-electron chi connectivity index (χ0n) is 19.4. The summed E-state index contributed by atoms with van der Waals surface area (Å²) in [5.74, 6) is 2.17. The third kappa shape index (κ3) is 8.18. The van der Waals surface area contributed by atoms with Crippen molar-refractivity contribution in [2.24, 2.45) is 17.8 Å². The largest absolute Gasteiger partial charge is 0.505 e. The van der Waals surface area contributed by atoms with Crippen molar-refractivity contribution >= 4 is 0 Å². The van der Waals surface area contributed by atoms with E-state index in [1.165, 1.54) is 57.1 Å². The van der Waals surface area contributed by atoms with Crippen LogP contribution in [-0.2, 0) is 6.42 Å². The van der Waals surface area contributed by atoms with Gasteiger partial charge in [0.15, 0.2) is 11.6 Å². The first-order chi connectivity index (χ1) is 13.7. The summed E-state index contributed by atoms with van der Waals surface area (Å²) in [6.07, 6.45) is 13.3. The Morgan fingerprint density at radius 2 is 1.55 bits per heavy atom. The first kappa shape index (κ1) is 24.0. The normalized spacial score (nSPS) is 20.9. The standard InChI is InChI=1S/C26H43FO2/c1-19(2)9-6-10-20(3)11-7-12-21(4)13-8-15-26(5)16-14-22-17-24(28)23(27)18-25(22)29-26/h17-21,28H,6-16H2,1-5H3/t20-,21-,26-/m1/s1. The minimum atomic E-state index is -0.597. The van der Waals surface area contributed by atoms with Crippen molar-refractivity contribution in [3.05, 3.63) is 23.5 Å². The summed E-state index contributed by atoms with van der Waals surface area (Å²) >= 11 is 0. The van der Waals surface area contributed by atoms with Crippen molar-refractivity contribution in [1.29, 1.82) is 0 Å². The number of aryl methyl sites for hydroxylation is 1. The van der Waals surface area contributed by atoms with E-state index in [0.717, 1.165) is 49.0 Å². The van der Waals surface area contributed by atoms with Crippen molar-refractivity contribution in [3.63, 3.8) is 0 Å². The Morgan fingerprint density at radius 3 is 2.17 bits per heavy atom. The number of aromatic hydroxyl groups is 1. The van der Waals surface area contributed by atoms with Gasteiger partial charge in [0.25, 0.3) is 0 Å².